The number of ether oxygens (including phenoxy) is 2. The van der Waals surface area contributed by atoms with E-state index in [0.29, 0.717) is 16.5 Å². The van der Waals surface area contributed by atoms with Crippen LogP contribution in [0.5, 0.6) is 11.5 Å². The van der Waals surface area contributed by atoms with Gasteiger partial charge in [-0.2, -0.15) is 5.26 Å². The van der Waals surface area contributed by atoms with Crippen LogP contribution in [-0.4, -0.2) is 6.79 Å². The molecule has 2 aromatic rings. The topological polar surface area (TPSA) is 54.3 Å². The summed E-state index contributed by atoms with van der Waals surface area (Å²) in [6, 6.07) is 12.8. The van der Waals surface area contributed by atoms with E-state index in [-0.39, 0.29) is 6.79 Å². The molecule has 0 aromatic heterocycles. The Labute approximate surface area is 135 Å². The van der Waals surface area contributed by atoms with Crippen molar-refractivity contribution >= 4 is 33.2 Å². The lowest BCUT2D eigenvalue weighted by Gasteiger charge is -2.14. The number of nitrogens with one attached hydrogen (secondary N) is 1. The zero-order chi connectivity index (χ0) is 14.8. The van der Waals surface area contributed by atoms with Gasteiger partial charge in [0.1, 0.15) is 6.04 Å². The van der Waals surface area contributed by atoms with Crippen LogP contribution in [0.2, 0.25) is 5.02 Å². The van der Waals surface area contributed by atoms with Crippen LogP contribution in [0.15, 0.2) is 40.9 Å². The molecule has 1 N–H and O–H groups in total. The van der Waals surface area contributed by atoms with Crippen LogP contribution in [0.25, 0.3) is 0 Å². The van der Waals surface area contributed by atoms with Crippen LogP contribution in [0, 0.1) is 11.3 Å². The minimum absolute atomic E-state index is 0.148. The second kappa shape index (κ2) is 5.84. The van der Waals surface area contributed by atoms with Crippen LogP contribution in [-0.2, 0) is 0 Å². The average molecular weight is 366 g/mol. The maximum atomic E-state index is 9.41. The first-order valence-corrected chi connectivity index (χ1v) is 7.35. The molecule has 0 bridgehead atoms. The Balaban J connectivity index is 1.91. The molecule has 0 radical (unpaired) electrons. The molecule has 6 heteroatoms. The summed E-state index contributed by atoms with van der Waals surface area (Å²) < 4.78 is 11.5. The van der Waals surface area contributed by atoms with Crippen LogP contribution < -0.4 is 14.8 Å². The lowest BCUT2D eigenvalue weighted by molar-refractivity contribution is 0.174. The fourth-order valence-corrected chi connectivity index (χ4v) is 2.76. The minimum Gasteiger partial charge on any atom is -0.454 e. The number of rotatable bonds is 3. The number of hydrogen-bond donors (Lipinski definition) is 1. The Bertz CT molecular complexity index is 730. The van der Waals surface area contributed by atoms with Gasteiger partial charge in [-0.15, -0.1) is 0 Å². The van der Waals surface area contributed by atoms with Gasteiger partial charge in [0.25, 0.3) is 0 Å². The molecular weight excluding hydrogens is 356 g/mol. The van der Waals surface area contributed by atoms with E-state index in [1.807, 2.05) is 24.3 Å². The van der Waals surface area contributed by atoms with E-state index in [0.717, 1.165) is 15.7 Å². The summed E-state index contributed by atoms with van der Waals surface area (Å²) in [6.45, 7) is 0.148. The van der Waals surface area contributed by atoms with Crippen molar-refractivity contribution in [2.45, 2.75) is 6.04 Å². The Morgan fingerprint density at radius 1 is 1.29 bits per heavy atom. The molecule has 1 aliphatic heterocycles. The van der Waals surface area contributed by atoms with Gasteiger partial charge in [0, 0.05) is 10.2 Å². The molecule has 0 aliphatic carbocycles. The van der Waals surface area contributed by atoms with Gasteiger partial charge in [-0.1, -0.05) is 33.6 Å². The molecule has 0 fully saturated rings. The molecule has 0 saturated heterocycles. The summed E-state index contributed by atoms with van der Waals surface area (Å²) >= 11 is 9.56. The minimum atomic E-state index is -0.536. The van der Waals surface area contributed by atoms with Crippen molar-refractivity contribution < 1.29 is 9.47 Å². The number of hydrogen-bond acceptors (Lipinski definition) is 4. The van der Waals surface area contributed by atoms with Crippen LogP contribution in [0.1, 0.15) is 11.6 Å². The van der Waals surface area contributed by atoms with E-state index in [2.05, 4.69) is 27.3 Å². The number of halogens is 2. The van der Waals surface area contributed by atoms with Crippen LogP contribution >= 0.6 is 27.5 Å². The average Bonchev–Trinajstić information content (AvgIpc) is 2.93. The van der Waals surface area contributed by atoms with Crippen molar-refractivity contribution in [3.8, 4) is 17.6 Å². The number of anilines is 1. The Morgan fingerprint density at radius 3 is 2.90 bits per heavy atom. The molecule has 2 aromatic carbocycles. The van der Waals surface area contributed by atoms with Gasteiger partial charge in [-0.25, -0.2) is 0 Å². The number of nitrogens with zero attached hydrogens (tertiary/aromatic N) is 1. The van der Waals surface area contributed by atoms with E-state index < -0.39 is 6.04 Å². The lowest BCUT2D eigenvalue weighted by atomic mass is 10.1. The molecular formula is C15H10BrClN2O2. The first-order chi connectivity index (χ1) is 10.2. The smallest absolute Gasteiger partial charge is 0.231 e. The van der Waals surface area contributed by atoms with Crippen molar-refractivity contribution in [1.82, 2.24) is 0 Å². The van der Waals surface area contributed by atoms with Gasteiger partial charge >= 0.3 is 0 Å². The number of benzene rings is 2. The van der Waals surface area contributed by atoms with Gasteiger partial charge < -0.3 is 14.8 Å². The van der Waals surface area contributed by atoms with Gasteiger partial charge in [-0.3, -0.25) is 0 Å². The predicted molar refractivity (Wildman–Crippen MR) is 83.7 cm³/mol. The summed E-state index contributed by atoms with van der Waals surface area (Å²) in [5.74, 6) is 1.09. The van der Waals surface area contributed by atoms with E-state index in [4.69, 9.17) is 21.1 Å². The summed E-state index contributed by atoms with van der Waals surface area (Å²) in [5.41, 5.74) is 1.57. The molecule has 1 unspecified atom stereocenters. The highest BCUT2D eigenvalue weighted by Crippen LogP contribution is 2.41. The van der Waals surface area contributed by atoms with E-state index in [1.165, 1.54) is 0 Å². The summed E-state index contributed by atoms with van der Waals surface area (Å²) in [6.07, 6.45) is 0. The Kier molecular flexibility index (Phi) is 3.91. The molecule has 106 valence electrons. The molecule has 1 heterocycles. The van der Waals surface area contributed by atoms with Crippen molar-refractivity contribution in [2.75, 3.05) is 12.1 Å². The predicted octanol–water partition coefficient (Wildman–Crippen LogP) is 4.51. The Hall–Kier alpha value is -1.90. The molecule has 1 atom stereocenters. The largest absolute Gasteiger partial charge is 0.454 e. The van der Waals surface area contributed by atoms with Crippen molar-refractivity contribution in [2.24, 2.45) is 0 Å². The summed E-state index contributed by atoms with van der Waals surface area (Å²) in [4.78, 5) is 0. The van der Waals surface area contributed by atoms with Crippen molar-refractivity contribution in [1.29, 1.82) is 5.26 Å². The maximum Gasteiger partial charge on any atom is 0.231 e. The zero-order valence-electron chi connectivity index (χ0n) is 10.8. The van der Waals surface area contributed by atoms with Crippen molar-refractivity contribution in [3.05, 3.63) is 51.5 Å². The van der Waals surface area contributed by atoms with E-state index in [1.54, 1.807) is 12.1 Å². The highest BCUT2D eigenvalue weighted by molar-refractivity contribution is 9.10. The summed E-state index contributed by atoms with van der Waals surface area (Å²) in [7, 11) is 0. The third-order valence-corrected chi connectivity index (χ3v) is 3.82. The number of nitriles is 1. The molecule has 3 rings (SSSR count). The lowest BCUT2D eigenvalue weighted by Crippen LogP contribution is -2.08. The zero-order valence-corrected chi connectivity index (χ0v) is 13.1. The van der Waals surface area contributed by atoms with Crippen molar-refractivity contribution in [3.63, 3.8) is 0 Å². The SMILES string of the molecule is N#CC(Nc1cccc(Br)c1)c1cc(Cl)c2c(c1)OCO2. The highest BCUT2D eigenvalue weighted by atomic mass is 79.9. The van der Waals surface area contributed by atoms with Gasteiger partial charge in [0.2, 0.25) is 6.79 Å². The number of fused-ring (bicyclic) bond motifs is 1. The fraction of sp³-hybridized carbons (Fsp3) is 0.133. The summed E-state index contributed by atoms with van der Waals surface area (Å²) in [5, 5.41) is 13.0. The highest BCUT2D eigenvalue weighted by Gasteiger charge is 2.21. The quantitative estimate of drug-likeness (QED) is 0.869. The van der Waals surface area contributed by atoms with Crippen LogP contribution in [0.3, 0.4) is 0 Å². The molecule has 0 saturated carbocycles. The second-order valence-electron chi connectivity index (χ2n) is 4.45. The van der Waals surface area contributed by atoms with Gasteiger partial charge in [0.05, 0.1) is 11.1 Å². The second-order valence-corrected chi connectivity index (χ2v) is 5.78. The molecule has 0 amide bonds. The third-order valence-electron chi connectivity index (χ3n) is 3.05. The molecule has 21 heavy (non-hydrogen) atoms. The maximum absolute atomic E-state index is 9.41. The Morgan fingerprint density at radius 2 is 2.14 bits per heavy atom. The van der Waals surface area contributed by atoms with Gasteiger partial charge in [0.15, 0.2) is 11.5 Å². The first kappa shape index (κ1) is 14.1. The monoisotopic (exact) mass is 364 g/mol. The first-order valence-electron chi connectivity index (χ1n) is 6.18. The molecule has 1 aliphatic rings. The van der Waals surface area contributed by atoms with Crippen LogP contribution in [0.4, 0.5) is 5.69 Å². The third kappa shape index (κ3) is 2.92. The van der Waals surface area contributed by atoms with E-state index in [9.17, 15) is 5.26 Å². The fourth-order valence-electron chi connectivity index (χ4n) is 2.09. The molecule has 0 spiro atoms. The standard InChI is InChI=1S/C15H10BrClN2O2/c16-10-2-1-3-11(6-10)19-13(7-18)9-4-12(17)15-14(5-9)20-8-21-15/h1-6,13,19H,8H2. The van der Waals surface area contributed by atoms with Gasteiger partial charge in [-0.05, 0) is 35.9 Å². The van der Waals surface area contributed by atoms with E-state index >= 15 is 0 Å². The normalized spacial score (nSPS) is 13.6. The molecule has 4 nitrogen and oxygen atoms in total.